The van der Waals surface area contributed by atoms with Gasteiger partial charge in [-0.3, -0.25) is 0 Å². The molecule has 0 saturated heterocycles. The smallest absolute Gasteiger partial charge is 0.119 e. The van der Waals surface area contributed by atoms with Gasteiger partial charge in [0.05, 0.1) is 6.10 Å². The molecule has 0 aliphatic heterocycles. The van der Waals surface area contributed by atoms with Gasteiger partial charge in [-0.2, -0.15) is 0 Å². The van der Waals surface area contributed by atoms with Gasteiger partial charge in [-0.25, -0.2) is 0 Å². The molecule has 108 valence electrons. The molecule has 3 aliphatic rings. The molecule has 2 nitrogen and oxygen atoms in total. The molecule has 4 unspecified atom stereocenters. The summed E-state index contributed by atoms with van der Waals surface area (Å²) in [5, 5.41) is 3.80. The fourth-order valence-electron chi connectivity index (χ4n) is 4.79. The molecule has 1 N–H and O–H groups in total. The summed E-state index contributed by atoms with van der Waals surface area (Å²) >= 11 is 0. The second-order valence-corrected chi connectivity index (χ2v) is 7.21. The standard InChI is InChI=1S/C18H25NO/c1-11(2)20-15-7-3-12(4-8-15)10-19-18-16-13-5-6-14(9-13)17(16)18/h3-4,7-8,11,13-14,16-19H,5-6,9-10H2,1-2H3. The lowest BCUT2D eigenvalue weighted by Crippen LogP contribution is -2.22. The average molecular weight is 271 g/mol. The normalized spacial score (nSPS) is 37.2. The third-order valence-electron chi connectivity index (χ3n) is 5.57. The highest BCUT2D eigenvalue weighted by Crippen LogP contribution is 2.65. The Morgan fingerprint density at radius 3 is 2.35 bits per heavy atom. The molecule has 1 aromatic carbocycles. The van der Waals surface area contributed by atoms with E-state index in [1.807, 2.05) is 0 Å². The van der Waals surface area contributed by atoms with Crippen LogP contribution >= 0.6 is 0 Å². The van der Waals surface area contributed by atoms with Gasteiger partial charge in [0.25, 0.3) is 0 Å². The van der Waals surface area contributed by atoms with Crippen molar-refractivity contribution in [2.24, 2.45) is 23.7 Å². The average Bonchev–Trinajstić information content (AvgIpc) is 2.81. The molecule has 3 aliphatic carbocycles. The van der Waals surface area contributed by atoms with Gasteiger partial charge in [-0.1, -0.05) is 12.1 Å². The van der Waals surface area contributed by atoms with Gasteiger partial charge >= 0.3 is 0 Å². The Balaban J connectivity index is 1.30. The van der Waals surface area contributed by atoms with Crippen molar-refractivity contribution in [3.8, 4) is 5.75 Å². The monoisotopic (exact) mass is 271 g/mol. The SMILES string of the molecule is CC(C)Oc1ccc(CNC2C3C4CCC(C4)C23)cc1. The van der Waals surface area contributed by atoms with Crippen LogP contribution in [-0.4, -0.2) is 12.1 Å². The van der Waals surface area contributed by atoms with Gasteiger partial charge < -0.3 is 10.1 Å². The third kappa shape index (κ3) is 2.14. The van der Waals surface area contributed by atoms with Crippen LogP contribution in [0.15, 0.2) is 24.3 Å². The molecule has 0 spiro atoms. The minimum absolute atomic E-state index is 0.250. The Labute approximate surface area is 121 Å². The van der Waals surface area contributed by atoms with Crippen LogP contribution in [0.4, 0.5) is 0 Å². The molecular formula is C18H25NO. The lowest BCUT2D eigenvalue weighted by molar-refractivity contribution is 0.242. The highest BCUT2D eigenvalue weighted by Gasteiger charge is 2.64. The van der Waals surface area contributed by atoms with Gasteiger partial charge in [-0.05, 0) is 74.5 Å². The van der Waals surface area contributed by atoms with Crippen LogP contribution in [0.5, 0.6) is 5.75 Å². The van der Waals surface area contributed by atoms with E-state index < -0.39 is 0 Å². The summed E-state index contributed by atoms with van der Waals surface area (Å²) in [6.07, 6.45) is 4.80. The molecule has 4 atom stereocenters. The molecule has 3 fully saturated rings. The fraction of sp³-hybridized carbons (Fsp3) is 0.667. The highest BCUT2D eigenvalue weighted by molar-refractivity contribution is 5.28. The van der Waals surface area contributed by atoms with Crippen LogP contribution in [0, 0.1) is 23.7 Å². The zero-order chi connectivity index (χ0) is 13.7. The fourth-order valence-corrected chi connectivity index (χ4v) is 4.79. The van der Waals surface area contributed by atoms with Crippen molar-refractivity contribution in [3.05, 3.63) is 29.8 Å². The zero-order valence-corrected chi connectivity index (χ0v) is 12.5. The number of fused-ring (bicyclic) bond motifs is 5. The first-order valence-corrected chi connectivity index (χ1v) is 8.21. The van der Waals surface area contributed by atoms with Crippen molar-refractivity contribution in [2.75, 3.05) is 0 Å². The minimum atomic E-state index is 0.250. The maximum absolute atomic E-state index is 5.68. The van der Waals surface area contributed by atoms with E-state index in [1.54, 1.807) is 0 Å². The van der Waals surface area contributed by atoms with Gasteiger partial charge in [0.2, 0.25) is 0 Å². The Morgan fingerprint density at radius 2 is 1.75 bits per heavy atom. The molecule has 1 aromatic rings. The first-order chi connectivity index (χ1) is 9.72. The number of benzene rings is 1. The van der Waals surface area contributed by atoms with Gasteiger partial charge in [0, 0.05) is 12.6 Å². The summed E-state index contributed by atoms with van der Waals surface area (Å²) in [6, 6.07) is 9.39. The van der Waals surface area contributed by atoms with Crippen LogP contribution in [0.25, 0.3) is 0 Å². The molecular weight excluding hydrogens is 246 g/mol. The predicted octanol–water partition coefficient (Wildman–Crippen LogP) is 3.61. The molecule has 0 radical (unpaired) electrons. The summed E-state index contributed by atoms with van der Waals surface area (Å²) in [7, 11) is 0. The third-order valence-corrected chi connectivity index (χ3v) is 5.57. The van der Waals surface area contributed by atoms with Crippen molar-refractivity contribution in [2.45, 2.75) is 51.8 Å². The van der Waals surface area contributed by atoms with E-state index in [2.05, 4.69) is 43.4 Å². The van der Waals surface area contributed by atoms with Crippen molar-refractivity contribution in [1.82, 2.24) is 5.32 Å². The molecule has 3 saturated carbocycles. The molecule has 20 heavy (non-hydrogen) atoms. The number of hydrogen-bond donors (Lipinski definition) is 1. The number of nitrogens with one attached hydrogen (secondary N) is 1. The minimum Gasteiger partial charge on any atom is -0.491 e. The lowest BCUT2D eigenvalue weighted by atomic mass is 10.0. The first kappa shape index (κ1) is 12.7. The first-order valence-electron chi connectivity index (χ1n) is 8.21. The molecule has 0 aromatic heterocycles. The molecule has 4 rings (SSSR count). The van der Waals surface area contributed by atoms with Crippen molar-refractivity contribution in [3.63, 3.8) is 0 Å². The quantitative estimate of drug-likeness (QED) is 0.883. The Morgan fingerprint density at radius 1 is 1.10 bits per heavy atom. The molecule has 0 heterocycles. The van der Waals surface area contributed by atoms with Crippen LogP contribution in [0.3, 0.4) is 0 Å². The van der Waals surface area contributed by atoms with Crippen LogP contribution in [0.1, 0.15) is 38.7 Å². The maximum Gasteiger partial charge on any atom is 0.119 e. The number of hydrogen-bond acceptors (Lipinski definition) is 2. The van der Waals surface area contributed by atoms with E-state index in [4.69, 9.17) is 4.74 Å². The summed E-state index contributed by atoms with van der Waals surface area (Å²) in [6.45, 7) is 5.14. The van der Waals surface area contributed by atoms with Gasteiger partial charge in [0.1, 0.15) is 5.75 Å². The van der Waals surface area contributed by atoms with Crippen molar-refractivity contribution in [1.29, 1.82) is 0 Å². The lowest BCUT2D eigenvalue weighted by Gasteiger charge is -2.12. The summed E-state index contributed by atoms with van der Waals surface area (Å²) in [5.74, 6) is 5.15. The maximum atomic E-state index is 5.68. The van der Waals surface area contributed by atoms with Gasteiger partial charge in [0.15, 0.2) is 0 Å². The Hall–Kier alpha value is -1.02. The summed E-state index contributed by atoms with van der Waals surface area (Å²) in [5.41, 5.74) is 1.37. The van der Waals surface area contributed by atoms with E-state index in [0.29, 0.717) is 0 Å². The van der Waals surface area contributed by atoms with Crippen LogP contribution in [-0.2, 0) is 6.54 Å². The van der Waals surface area contributed by atoms with E-state index in [9.17, 15) is 0 Å². The van der Waals surface area contributed by atoms with E-state index in [0.717, 1.165) is 42.0 Å². The topological polar surface area (TPSA) is 21.3 Å². The Bertz CT molecular complexity index is 465. The van der Waals surface area contributed by atoms with Crippen LogP contribution < -0.4 is 10.1 Å². The highest BCUT2D eigenvalue weighted by atomic mass is 16.5. The van der Waals surface area contributed by atoms with Crippen molar-refractivity contribution >= 4 is 0 Å². The largest absolute Gasteiger partial charge is 0.491 e. The molecule has 0 amide bonds. The predicted molar refractivity (Wildman–Crippen MR) is 80.6 cm³/mol. The second kappa shape index (κ2) is 4.77. The molecule has 2 bridgehead atoms. The Kier molecular flexibility index (Phi) is 3.03. The van der Waals surface area contributed by atoms with E-state index >= 15 is 0 Å². The van der Waals surface area contributed by atoms with Crippen molar-refractivity contribution < 1.29 is 4.74 Å². The molecule has 2 heteroatoms. The summed E-state index contributed by atoms with van der Waals surface area (Å²) < 4.78 is 5.68. The summed E-state index contributed by atoms with van der Waals surface area (Å²) in [4.78, 5) is 0. The van der Waals surface area contributed by atoms with Crippen LogP contribution in [0.2, 0.25) is 0 Å². The van der Waals surface area contributed by atoms with Gasteiger partial charge in [-0.15, -0.1) is 0 Å². The van der Waals surface area contributed by atoms with E-state index in [1.165, 1.54) is 24.8 Å². The second-order valence-electron chi connectivity index (χ2n) is 7.21. The number of ether oxygens (including phenoxy) is 1. The number of rotatable bonds is 5. The zero-order valence-electron chi connectivity index (χ0n) is 12.5. The van der Waals surface area contributed by atoms with E-state index in [-0.39, 0.29) is 6.10 Å².